The lowest BCUT2D eigenvalue weighted by Gasteiger charge is -2.37. The summed E-state index contributed by atoms with van der Waals surface area (Å²) in [5, 5.41) is 10.2. The number of hydrogen-bond donors (Lipinski definition) is 1. The zero-order valence-corrected chi connectivity index (χ0v) is 10.5. The third kappa shape index (κ3) is 3.28. The fraction of sp³-hybridized carbons (Fsp3) is 0.571. The van der Waals surface area contributed by atoms with E-state index in [4.69, 9.17) is 4.74 Å². The van der Waals surface area contributed by atoms with Crippen molar-refractivity contribution in [3.05, 3.63) is 35.9 Å². The molecule has 1 aliphatic heterocycles. The normalized spacial score (nSPS) is 27.9. The molecule has 3 unspecified atom stereocenters. The lowest BCUT2D eigenvalue weighted by Crippen LogP contribution is -2.48. The fourth-order valence-corrected chi connectivity index (χ4v) is 2.23. The summed E-state index contributed by atoms with van der Waals surface area (Å²) in [7, 11) is 0. The van der Waals surface area contributed by atoms with Gasteiger partial charge in [0.1, 0.15) is 0 Å². The predicted molar refractivity (Wildman–Crippen MR) is 67.9 cm³/mol. The summed E-state index contributed by atoms with van der Waals surface area (Å²) in [6.45, 7) is 6.55. The Hall–Kier alpha value is -0.900. The van der Waals surface area contributed by atoms with E-state index in [0.29, 0.717) is 12.6 Å². The molecule has 17 heavy (non-hydrogen) atoms. The number of morpholine rings is 1. The van der Waals surface area contributed by atoms with Gasteiger partial charge in [-0.2, -0.15) is 0 Å². The molecule has 0 spiro atoms. The first-order valence-electron chi connectivity index (χ1n) is 6.25. The Morgan fingerprint density at radius 2 is 2.06 bits per heavy atom. The molecule has 3 nitrogen and oxygen atoms in total. The van der Waals surface area contributed by atoms with Gasteiger partial charge in [-0.05, 0) is 19.4 Å². The van der Waals surface area contributed by atoms with E-state index in [1.807, 2.05) is 30.3 Å². The summed E-state index contributed by atoms with van der Waals surface area (Å²) < 4.78 is 5.58. The van der Waals surface area contributed by atoms with Gasteiger partial charge in [0, 0.05) is 19.1 Å². The number of β-amino-alcohol motifs (C(OH)–C–C–N with tert-alkyl or cyclic N) is 1. The fourth-order valence-electron chi connectivity index (χ4n) is 2.23. The van der Waals surface area contributed by atoms with Crippen LogP contribution in [0.5, 0.6) is 0 Å². The largest absolute Gasteiger partial charge is 0.387 e. The second kappa shape index (κ2) is 5.63. The first-order valence-corrected chi connectivity index (χ1v) is 6.25. The maximum absolute atomic E-state index is 10.2. The van der Waals surface area contributed by atoms with Gasteiger partial charge in [0.2, 0.25) is 0 Å². The van der Waals surface area contributed by atoms with Crippen molar-refractivity contribution in [3.8, 4) is 0 Å². The van der Waals surface area contributed by atoms with Gasteiger partial charge in [0.05, 0.1) is 18.8 Å². The quantitative estimate of drug-likeness (QED) is 0.867. The molecule has 0 amide bonds. The van der Waals surface area contributed by atoms with Gasteiger partial charge in [-0.3, -0.25) is 4.90 Å². The van der Waals surface area contributed by atoms with Crippen LogP contribution in [0.3, 0.4) is 0 Å². The monoisotopic (exact) mass is 235 g/mol. The Morgan fingerprint density at radius 3 is 2.76 bits per heavy atom. The van der Waals surface area contributed by atoms with Gasteiger partial charge in [0.25, 0.3) is 0 Å². The molecule has 0 bridgehead atoms. The standard InChI is InChI=1S/C14H21NO2/c1-11-10-17-12(2)8-15(11)9-14(16)13-6-4-3-5-7-13/h3-7,11-12,14,16H,8-10H2,1-2H3. The molecule has 0 aliphatic carbocycles. The van der Waals surface area contributed by atoms with Crippen LogP contribution in [0.25, 0.3) is 0 Å². The lowest BCUT2D eigenvalue weighted by molar-refractivity contribution is -0.0619. The van der Waals surface area contributed by atoms with Crippen LogP contribution in [-0.4, -0.2) is 41.8 Å². The average Bonchev–Trinajstić information content (AvgIpc) is 2.35. The van der Waals surface area contributed by atoms with E-state index in [1.54, 1.807) is 0 Å². The minimum Gasteiger partial charge on any atom is -0.387 e. The van der Waals surface area contributed by atoms with Crippen molar-refractivity contribution < 1.29 is 9.84 Å². The molecule has 3 atom stereocenters. The molecule has 3 heteroatoms. The third-order valence-corrected chi connectivity index (χ3v) is 3.33. The van der Waals surface area contributed by atoms with E-state index in [2.05, 4.69) is 18.7 Å². The zero-order chi connectivity index (χ0) is 12.3. The molecular formula is C14H21NO2. The number of hydrogen-bond acceptors (Lipinski definition) is 3. The molecule has 1 aromatic rings. The van der Waals surface area contributed by atoms with Gasteiger partial charge in [-0.25, -0.2) is 0 Å². The molecule has 1 heterocycles. The highest BCUT2D eigenvalue weighted by molar-refractivity contribution is 5.17. The van der Waals surface area contributed by atoms with E-state index in [-0.39, 0.29) is 6.10 Å². The molecule has 0 radical (unpaired) electrons. The Balaban J connectivity index is 1.96. The lowest BCUT2D eigenvalue weighted by atomic mass is 10.1. The topological polar surface area (TPSA) is 32.7 Å². The molecule has 94 valence electrons. The highest BCUT2D eigenvalue weighted by atomic mass is 16.5. The van der Waals surface area contributed by atoms with Gasteiger partial charge in [-0.1, -0.05) is 30.3 Å². The second-order valence-electron chi connectivity index (χ2n) is 4.87. The number of rotatable bonds is 3. The minimum atomic E-state index is -0.413. The number of nitrogens with zero attached hydrogens (tertiary/aromatic N) is 1. The molecule has 1 aromatic carbocycles. The molecule has 1 aliphatic rings. The van der Waals surface area contributed by atoms with Crippen molar-refractivity contribution in [1.82, 2.24) is 4.90 Å². The molecule has 1 saturated heterocycles. The Labute approximate surface area is 103 Å². The van der Waals surface area contributed by atoms with Crippen LogP contribution in [0.15, 0.2) is 30.3 Å². The molecular weight excluding hydrogens is 214 g/mol. The van der Waals surface area contributed by atoms with Crippen LogP contribution in [0, 0.1) is 0 Å². The van der Waals surface area contributed by atoms with Crippen LogP contribution in [0.1, 0.15) is 25.5 Å². The van der Waals surface area contributed by atoms with Crippen LogP contribution >= 0.6 is 0 Å². The molecule has 1 N–H and O–H groups in total. The minimum absolute atomic E-state index is 0.258. The van der Waals surface area contributed by atoms with Crippen LogP contribution in [-0.2, 0) is 4.74 Å². The Bertz CT molecular complexity index is 341. The van der Waals surface area contributed by atoms with E-state index < -0.39 is 6.10 Å². The first-order chi connectivity index (χ1) is 8.16. The molecule has 0 saturated carbocycles. The Kier molecular flexibility index (Phi) is 4.15. The second-order valence-corrected chi connectivity index (χ2v) is 4.87. The smallest absolute Gasteiger partial charge is 0.0917 e. The summed E-state index contributed by atoms with van der Waals surface area (Å²) in [6.07, 6.45) is -0.155. The summed E-state index contributed by atoms with van der Waals surface area (Å²) in [4.78, 5) is 2.30. The summed E-state index contributed by atoms with van der Waals surface area (Å²) >= 11 is 0. The van der Waals surface area contributed by atoms with Crippen molar-refractivity contribution in [2.45, 2.75) is 32.1 Å². The van der Waals surface area contributed by atoms with Crippen molar-refractivity contribution in [2.24, 2.45) is 0 Å². The van der Waals surface area contributed by atoms with Crippen molar-refractivity contribution >= 4 is 0 Å². The summed E-state index contributed by atoms with van der Waals surface area (Å²) in [6, 6.07) is 10.2. The van der Waals surface area contributed by atoms with Gasteiger partial charge < -0.3 is 9.84 Å². The maximum Gasteiger partial charge on any atom is 0.0917 e. The maximum atomic E-state index is 10.2. The average molecular weight is 235 g/mol. The van der Waals surface area contributed by atoms with E-state index >= 15 is 0 Å². The van der Waals surface area contributed by atoms with Crippen LogP contribution < -0.4 is 0 Å². The van der Waals surface area contributed by atoms with Crippen LogP contribution in [0.4, 0.5) is 0 Å². The van der Waals surface area contributed by atoms with Gasteiger partial charge in [0.15, 0.2) is 0 Å². The van der Waals surface area contributed by atoms with Crippen molar-refractivity contribution in [1.29, 1.82) is 0 Å². The van der Waals surface area contributed by atoms with Crippen LogP contribution in [0.2, 0.25) is 0 Å². The van der Waals surface area contributed by atoms with Crippen molar-refractivity contribution in [3.63, 3.8) is 0 Å². The third-order valence-electron chi connectivity index (χ3n) is 3.33. The SMILES string of the molecule is CC1CN(CC(O)c2ccccc2)C(C)CO1. The van der Waals surface area contributed by atoms with E-state index in [0.717, 1.165) is 18.7 Å². The molecule has 0 aromatic heterocycles. The Morgan fingerprint density at radius 1 is 1.35 bits per heavy atom. The number of aliphatic hydroxyl groups excluding tert-OH is 1. The van der Waals surface area contributed by atoms with E-state index in [9.17, 15) is 5.11 Å². The zero-order valence-electron chi connectivity index (χ0n) is 10.5. The number of aliphatic hydroxyl groups is 1. The highest BCUT2D eigenvalue weighted by Gasteiger charge is 2.25. The number of benzene rings is 1. The van der Waals surface area contributed by atoms with E-state index in [1.165, 1.54) is 0 Å². The number of ether oxygens (including phenoxy) is 1. The predicted octanol–water partition coefficient (Wildman–Crippen LogP) is 1.83. The highest BCUT2D eigenvalue weighted by Crippen LogP contribution is 2.18. The van der Waals surface area contributed by atoms with Gasteiger partial charge >= 0.3 is 0 Å². The van der Waals surface area contributed by atoms with Gasteiger partial charge in [-0.15, -0.1) is 0 Å². The molecule has 1 fully saturated rings. The summed E-state index contributed by atoms with van der Waals surface area (Å²) in [5.41, 5.74) is 0.985. The van der Waals surface area contributed by atoms with Crippen molar-refractivity contribution in [2.75, 3.05) is 19.7 Å². The first kappa shape index (κ1) is 12.6. The molecule has 2 rings (SSSR count). The summed E-state index contributed by atoms with van der Waals surface area (Å²) in [5.74, 6) is 0.